The summed E-state index contributed by atoms with van der Waals surface area (Å²) < 4.78 is 30.5. The molecule has 0 heterocycles. The molecule has 0 unspecified atom stereocenters. The van der Waals surface area contributed by atoms with Crippen LogP contribution in [0.2, 0.25) is 0 Å². The number of thioether (sulfide) groups is 1. The lowest BCUT2D eigenvalue weighted by Gasteiger charge is -2.14. The minimum Gasteiger partial charge on any atom is -0.497 e. The molecular formula is C21H20FN3O5S. The average molecular weight is 445 g/mol. The van der Waals surface area contributed by atoms with Gasteiger partial charge in [-0.3, -0.25) is 0 Å². The van der Waals surface area contributed by atoms with Crippen molar-refractivity contribution in [2.75, 3.05) is 33.7 Å². The molecule has 31 heavy (non-hydrogen) atoms. The van der Waals surface area contributed by atoms with E-state index in [9.17, 15) is 4.79 Å². The molecule has 0 bridgehead atoms. The van der Waals surface area contributed by atoms with Gasteiger partial charge < -0.3 is 19.3 Å². The fourth-order valence-corrected chi connectivity index (χ4v) is 2.92. The predicted molar refractivity (Wildman–Crippen MR) is 116 cm³/mol. The number of aliphatic hydroxyl groups excluding tert-OH is 1. The Hall–Kier alpha value is -3.42. The van der Waals surface area contributed by atoms with Crippen LogP contribution in [0.3, 0.4) is 0 Å². The zero-order chi connectivity index (χ0) is 22.8. The van der Waals surface area contributed by atoms with E-state index < -0.39 is 11.9 Å². The molecule has 162 valence electrons. The number of nitrogens with zero attached hydrogens (tertiary/aromatic N) is 3. The lowest BCUT2D eigenvalue weighted by molar-refractivity contribution is 0.183. The quantitative estimate of drug-likeness (QED) is 0.510. The highest BCUT2D eigenvalue weighted by molar-refractivity contribution is 8.15. The smallest absolute Gasteiger partial charge is 0.434 e. The van der Waals surface area contributed by atoms with Crippen molar-refractivity contribution in [3.8, 4) is 17.6 Å². The largest absolute Gasteiger partial charge is 0.497 e. The van der Waals surface area contributed by atoms with Crippen molar-refractivity contribution in [2.45, 2.75) is 0 Å². The standard InChI is InChI=1S/C21H20FN3O5S/c1-28-15-10-16(18(22)17(11-15)30-9-8-26)19(20(31-3)25-21(27)29-2)24-14-6-4-13(12-23)5-7-14/h4-7,10-11,26H,8-9H2,1-3H3. The van der Waals surface area contributed by atoms with Gasteiger partial charge >= 0.3 is 6.09 Å². The molecule has 0 saturated heterocycles. The van der Waals surface area contributed by atoms with Gasteiger partial charge in [-0.25, -0.2) is 14.2 Å². The Labute approximate surface area is 183 Å². The van der Waals surface area contributed by atoms with E-state index in [4.69, 9.17) is 19.8 Å². The van der Waals surface area contributed by atoms with Gasteiger partial charge in [0.15, 0.2) is 11.6 Å². The van der Waals surface area contributed by atoms with E-state index >= 15 is 4.39 Å². The number of carbonyl (C=O) groups is 1. The van der Waals surface area contributed by atoms with E-state index in [-0.39, 0.29) is 41.0 Å². The van der Waals surface area contributed by atoms with Gasteiger partial charge in [-0.1, -0.05) is 0 Å². The van der Waals surface area contributed by atoms with Gasteiger partial charge in [0.05, 0.1) is 38.1 Å². The Balaban J connectivity index is 2.74. The summed E-state index contributed by atoms with van der Waals surface area (Å²) in [6.45, 7) is -0.435. The summed E-state index contributed by atoms with van der Waals surface area (Å²) >= 11 is 1.07. The van der Waals surface area contributed by atoms with Crippen molar-refractivity contribution in [3.05, 3.63) is 53.3 Å². The van der Waals surface area contributed by atoms with Crippen LogP contribution in [-0.2, 0) is 4.74 Å². The van der Waals surface area contributed by atoms with Crippen molar-refractivity contribution in [1.29, 1.82) is 5.26 Å². The summed E-state index contributed by atoms with van der Waals surface area (Å²) in [6, 6.07) is 11.0. The Kier molecular flexibility index (Phi) is 8.99. The number of aliphatic hydroxyl groups is 1. The van der Waals surface area contributed by atoms with Crippen LogP contribution in [0.4, 0.5) is 14.9 Å². The third-order valence-electron chi connectivity index (χ3n) is 3.85. The normalized spacial score (nSPS) is 11.6. The second-order valence-electron chi connectivity index (χ2n) is 5.77. The number of nitriles is 1. The zero-order valence-electron chi connectivity index (χ0n) is 17.1. The third-order valence-corrected chi connectivity index (χ3v) is 4.52. The summed E-state index contributed by atoms with van der Waals surface area (Å²) in [5.41, 5.74) is 0.836. The Morgan fingerprint density at radius 1 is 1.26 bits per heavy atom. The minimum absolute atomic E-state index is 0.0337. The molecule has 8 nitrogen and oxygen atoms in total. The highest BCUT2D eigenvalue weighted by Crippen LogP contribution is 2.30. The van der Waals surface area contributed by atoms with Crippen molar-refractivity contribution in [3.63, 3.8) is 0 Å². The number of ether oxygens (including phenoxy) is 3. The maximum absolute atomic E-state index is 15.3. The second kappa shape index (κ2) is 11.7. The summed E-state index contributed by atoms with van der Waals surface area (Å²) in [4.78, 5) is 20.1. The topological polar surface area (TPSA) is 114 Å². The Morgan fingerprint density at radius 2 is 1.97 bits per heavy atom. The highest BCUT2D eigenvalue weighted by atomic mass is 32.2. The van der Waals surface area contributed by atoms with Gasteiger partial charge in [0.2, 0.25) is 0 Å². The molecule has 10 heteroatoms. The molecule has 0 atom stereocenters. The molecular weight excluding hydrogens is 425 g/mol. The molecule has 0 fully saturated rings. The maximum atomic E-state index is 15.3. The first-order chi connectivity index (χ1) is 15.0. The summed E-state index contributed by atoms with van der Waals surface area (Å²) in [6.07, 6.45) is 0.772. The number of rotatable bonds is 7. The Bertz CT molecular complexity index is 1030. The molecule has 2 aromatic carbocycles. The number of halogens is 1. The summed E-state index contributed by atoms with van der Waals surface area (Å²) in [5, 5.41) is 18.1. The van der Waals surface area contributed by atoms with Crippen molar-refractivity contribution >= 4 is 34.3 Å². The molecule has 0 aliphatic rings. The monoisotopic (exact) mass is 445 g/mol. The average Bonchev–Trinajstić information content (AvgIpc) is 2.80. The van der Waals surface area contributed by atoms with E-state index in [1.807, 2.05) is 6.07 Å². The first kappa shape index (κ1) is 23.9. The molecule has 2 rings (SSSR count). The number of aliphatic imine (C=N–C) groups is 2. The van der Waals surface area contributed by atoms with Crippen LogP contribution in [-0.4, -0.2) is 55.6 Å². The summed E-state index contributed by atoms with van der Waals surface area (Å²) in [7, 11) is 2.58. The molecule has 0 aromatic heterocycles. The van der Waals surface area contributed by atoms with E-state index in [1.54, 1.807) is 30.5 Å². The van der Waals surface area contributed by atoms with Crippen LogP contribution in [0.1, 0.15) is 11.1 Å². The molecule has 0 radical (unpaired) electrons. The number of hydrogen-bond acceptors (Lipinski definition) is 8. The van der Waals surface area contributed by atoms with Gasteiger partial charge in [0.25, 0.3) is 0 Å². The van der Waals surface area contributed by atoms with Crippen LogP contribution >= 0.6 is 11.8 Å². The van der Waals surface area contributed by atoms with Crippen LogP contribution in [0.15, 0.2) is 46.4 Å². The maximum Gasteiger partial charge on any atom is 0.434 e. The molecule has 1 amide bonds. The van der Waals surface area contributed by atoms with Gasteiger partial charge in [0.1, 0.15) is 23.1 Å². The molecule has 0 aliphatic heterocycles. The van der Waals surface area contributed by atoms with Crippen molar-refractivity contribution in [2.24, 2.45) is 9.98 Å². The fraction of sp³-hybridized carbons (Fsp3) is 0.238. The van der Waals surface area contributed by atoms with Crippen LogP contribution in [0, 0.1) is 17.1 Å². The van der Waals surface area contributed by atoms with E-state index in [1.165, 1.54) is 26.4 Å². The number of carbonyl (C=O) groups excluding carboxylic acids is 1. The van der Waals surface area contributed by atoms with Gasteiger partial charge in [-0.2, -0.15) is 10.3 Å². The number of methoxy groups -OCH3 is 2. The first-order valence-corrected chi connectivity index (χ1v) is 10.1. The van der Waals surface area contributed by atoms with Gasteiger partial charge in [0, 0.05) is 11.6 Å². The van der Waals surface area contributed by atoms with Crippen LogP contribution in [0.5, 0.6) is 11.5 Å². The molecule has 0 saturated carbocycles. The first-order valence-electron chi connectivity index (χ1n) is 8.88. The lowest BCUT2D eigenvalue weighted by Crippen LogP contribution is -2.17. The number of hydrogen-bond donors (Lipinski definition) is 1. The second-order valence-corrected chi connectivity index (χ2v) is 6.56. The molecule has 0 aliphatic carbocycles. The van der Waals surface area contributed by atoms with Crippen molar-refractivity contribution < 1.29 is 28.5 Å². The third kappa shape index (κ3) is 6.28. The van der Waals surface area contributed by atoms with Crippen LogP contribution in [0.25, 0.3) is 0 Å². The number of amides is 1. The van der Waals surface area contributed by atoms with E-state index in [2.05, 4.69) is 14.7 Å². The molecule has 2 aromatic rings. The van der Waals surface area contributed by atoms with Gasteiger partial charge in [-0.15, -0.1) is 11.8 Å². The minimum atomic E-state index is -0.878. The zero-order valence-corrected chi connectivity index (χ0v) is 17.9. The predicted octanol–water partition coefficient (Wildman–Crippen LogP) is 3.73. The van der Waals surface area contributed by atoms with E-state index in [0.29, 0.717) is 11.3 Å². The van der Waals surface area contributed by atoms with Crippen LogP contribution < -0.4 is 9.47 Å². The van der Waals surface area contributed by atoms with Crippen molar-refractivity contribution in [1.82, 2.24) is 0 Å². The van der Waals surface area contributed by atoms with E-state index in [0.717, 1.165) is 11.8 Å². The highest BCUT2D eigenvalue weighted by Gasteiger charge is 2.22. The fourth-order valence-electron chi connectivity index (χ4n) is 2.41. The molecule has 0 spiro atoms. The van der Waals surface area contributed by atoms with Gasteiger partial charge in [-0.05, 0) is 36.6 Å². The number of benzene rings is 2. The molecule has 1 N–H and O–H groups in total. The summed E-state index contributed by atoms with van der Waals surface area (Å²) in [5.74, 6) is -0.655. The SMILES string of the molecule is COC(=O)N=C(SC)C(=Nc1ccc(C#N)cc1)c1cc(OC)cc(OCCO)c1F. The Morgan fingerprint density at radius 3 is 2.52 bits per heavy atom. The lowest BCUT2D eigenvalue weighted by atomic mass is 10.1.